The molecule has 3 heterocycles. The van der Waals surface area contributed by atoms with Crippen molar-refractivity contribution in [2.45, 2.75) is 51.6 Å². The van der Waals surface area contributed by atoms with Gasteiger partial charge in [0.2, 0.25) is 11.8 Å². The molecule has 0 unspecified atom stereocenters. The van der Waals surface area contributed by atoms with Crippen LogP contribution >= 0.6 is 11.3 Å². The molecule has 4 N–H and O–H groups in total. The van der Waals surface area contributed by atoms with Crippen LogP contribution in [-0.4, -0.2) is 99.4 Å². The van der Waals surface area contributed by atoms with Gasteiger partial charge in [-0.25, -0.2) is 9.78 Å². The Kier molecular flexibility index (Phi) is 10.2. The average Bonchev–Trinajstić information content (AvgIpc) is 3.64. The minimum Gasteiger partial charge on any atom is -0.497 e. The summed E-state index contributed by atoms with van der Waals surface area (Å²) in [4.78, 5) is 49.9. The van der Waals surface area contributed by atoms with Crippen LogP contribution in [0.4, 0.5) is 9.93 Å². The van der Waals surface area contributed by atoms with E-state index < -0.39 is 12.2 Å². The van der Waals surface area contributed by atoms with Crippen molar-refractivity contribution in [3.8, 4) is 11.5 Å². The fourth-order valence-electron chi connectivity index (χ4n) is 6.48. The van der Waals surface area contributed by atoms with Crippen molar-refractivity contribution in [2.75, 3.05) is 39.1 Å². The largest absolute Gasteiger partial charge is 0.497 e. The van der Waals surface area contributed by atoms with Crippen LogP contribution in [0, 0.1) is 0 Å². The first-order valence-electron chi connectivity index (χ1n) is 16.2. The number of nitrogens with one attached hydrogen (secondary N) is 1. The molecule has 6 rings (SSSR count). The number of urea groups is 1. The molecule has 0 spiro atoms. The number of methoxy groups -OCH3 is 1. The van der Waals surface area contributed by atoms with Crippen LogP contribution < -0.4 is 20.5 Å². The maximum absolute atomic E-state index is 14.3. The Labute approximate surface area is 288 Å². The Morgan fingerprint density at radius 1 is 1.08 bits per heavy atom. The Balaban J connectivity index is 1.29. The van der Waals surface area contributed by atoms with Gasteiger partial charge in [-0.3, -0.25) is 14.6 Å². The monoisotopic (exact) mass is 687 g/mol. The number of hydrogen-bond acceptors (Lipinski definition) is 10. The van der Waals surface area contributed by atoms with Crippen molar-refractivity contribution < 1.29 is 29.0 Å². The smallest absolute Gasteiger partial charge is 0.332 e. The van der Waals surface area contributed by atoms with Gasteiger partial charge in [-0.05, 0) is 60.9 Å². The third-order valence-electron chi connectivity index (χ3n) is 8.74. The number of benzene rings is 3. The number of piperazine rings is 1. The van der Waals surface area contributed by atoms with E-state index >= 15 is 0 Å². The molecule has 2 saturated heterocycles. The zero-order valence-corrected chi connectivity index (χ0v) is 28.6. The Hall–Kier alpha value is -4.92. The number of thiazole rings is 1. The molecule has 0 radical (unpaired) electrons. The predicted octanol–water partition coefficient (Wildman–Crippen LogP) is 3.22. The zero-order chi connectivity index (χ0) is 34.7. The first kappa shape index (κ1) is 34.0. The number of rotatable bonds is 12. The molecular formula is C35H41N7O6S. The Morgan fingerprint density at radius 3 is 2.49 bits per heavy atom. The molecule has 1 aromatic heterocycles. The molecule has 14 heteroatoms. The van der Waals surface area contributed by atoms with E-state index in [0.717, 1.165) is 32.7 Å². The number of para-hydroxylation sites is 1. The highest BCUT2D eigenvalue weighted by atomic mass is 32.1. The minimum atomic E-state index is -0.809. The number of fused-ring (bicyclic) bond motifs is 2. The minimum absolute atomic E-state index is 0.0530. The Morgan fingerprint density at radius 2 is 1.80 bits per heavy atom. The summed E-state index contributed by atoms with van der Waals surface area (Å²) >= 11 is 1.39. The highest BCUT2D eigenvalue weighted by Crippen LogP contribution is 2.33. The van der Waals surface area contributed by atoms with E-state index in [1.807, 2.05) is 68.4 Å². The molecular weight excluding hydrogens is 646 g/mol. The average molecular weight is 688 g/mol. The first-order chi connectivity index (χ1) is 23.7. The lowest BCUT2D eigenvalue weighted by molar-refractivity contribution is -0.158. The molecule has 13 nitrogen and oxygen atoms in total. The summed E-state index contributed by atoms with van der Waals surface area (Å²) in [6.07, 6.45) is -0.318. The predicted molar refractivity (Wildman–Crippen MR) is 186 cm³/mol. The molecule has 3 aromatic carbocycles. The number of amides is 4. The van der Waals surface area contributed by atoms with E-state index in [-0.39, 0.29) is 69.7 Å². The highest BCUT2D eigenvalue weighted by molar-refractivity contribution is 7.22. The van der Waals surface area contributed by atoms with Crippen LogP contribution in [0.15, 0.2) is 66.7 Å². The van der Waals surface area contributed by atoms with E-state index in [9.17, 15) is 14.4 Å². The van der Waals surface area contributed by atoms with Crippen LogP contribution in [0.5, 0.6) is 11.5 Å². The maximum atomic E-state index is 14.3. The zero-order valence-electron chi connectivity index (χ0n) is 27.7. The van der Waals surface area contributed by atoms with Crippen molar-refractivity contribution in [3.05, 3.63) is 83.4 Å². The van der Waals surface area contributed by atoms with Gasteiger partial charge < -0.3 is 35.4 Å². The summed E-state index contributed by atoms with van der Waals surface area (Å²) in [5, 5.41) is 15.9. The summed E-state index contributed by atoms with van der Waals surface area (Å²) in [5.41, 5.74) is 9.38. The SMILES string of the molecule is COc1ccc(CNC(=O)N(C(C)C)N2CC(=O)N3[C@@H](Cc4ccc(OCCO)cc4)C(=O)N(Cc4cccc5sc(N)nc45)C[C@@H]32)cc1. The standard InChI is InChI=1S/C35H41N7O6S/c1-22(2)42(35(46)37-18-24-9-11-26(47-3)12-10-24)40-21-31(44)41-28(17-23-7-13-27(14-8-23)48-16-15-43)33(45)39(20-30(40)41)19-25-5-4-6-29-32(25)38-34(36)49-29/h4-14,22,28,30,43H,15-21H2,1-3H3,(H2,36,38)(H,37,46)/t28-,30+/m0/s1. The van der Waals surface area contributed by atoms with Crippen LogP contribution in [0.1, 0.15) is 30.5 Å². The number of nitrogens with zero attached hydrogens (tertiary/aromatic N) is 5. The summed E-state index contributed by atoms with van der Waals surface area (Å²) < 4.78 is 11.7. The number of ether oxygens (including phenoxy) is 2. The summed E-state index contributed by atoms with van der Waals surface area (Å²) in [6.45, 7) is 4.57. The molecule has 4 amide bonds. The highest BCUT2D eigenvalue weighted by Gasteiger charge is 2.52. The number of anilines is 1. The van der Waals surface area contributed by atoms with Gasteiger partial charge >= 0.3 is 6.03 Å². The quantitative estimate of drug-likeness (QED) is 0.204. The van der Waals surface area contributed by atoms with Crippen molar-refractivity contribution in [1.82, 2.24) is 30.1 Å². The van der Waals surface area contributed by atoms with Gasteiger partial charge in [0, 0.05) is 25.6 Å². The number of hydrogen-bond donors (Lipinski definition) is 3. The fourth-order valence-corrected chi connectivity index (χ4v) is 7.26. The van der Waals surface area contributed by atoms with Crippen LogP contribution in [0.2, 0.25) is 0 Å². The van der Waals surface area contributed by atoms with Gasteiger partial charge in [-0.2, -0.15) is 5.01 Å². The molecule has 0 saturated carbocycles. The first-order valence-corrected chi connectivity index (χ1v) is 17.0. The van der Waals surface area contributed by atoms with Gasteiger partial charge in [0.25, 0.3) is 0 Å². The van der Waals surface area contributed by atoms with Gasteiger partial charge in [0.05, 0.1) is 37.0 Å². The van der Waals surface area contributed by atoms with Crippen molar-refractivity contribution >= 4 is 44.5 Å². The molecule has 2 aliphatic heterocycles. The second-order valence-electron chi connectivity index (χ2n) is 12.3. The summed E-state index contributed by atoms with van der Waals surface area (Å²) in [7, 11) is 1.60. The molecule has 0 aliphatic carbocycles. The number of carbonyl (C=O) groups excluding carboxylic acids is 3. The third kappa shape index (κ3) is 7.26. The molecule has 0 bridgehead atoms. The van der Waals surface area contributed by atoms with E-state index in [2.05, 4.69) is 10.3 Å². The number of nitrogens with two attached hydrogens (primary N) is 1. The number of hydrazine groups is 1. The molecule has 2 fully saturated rings. The number of aromatic nitrogens is 1. The Bertz CT molecular complexity index is 1800. The van der Waals surface area contributed by atoms with Crippen LogP contribution in [0.3, 0.4) is 0 Å². The maximum Gasteiger partial charge on any atom is 0.332 e. The number of nitrogen functional groups attached to an aromatic ring is 1. The summed E-state index contributed by atoms with van der Waals surface area (Å²) in [6, 6.07) is 19.1. The van der Waals surface area contributed by atoms with Crippen LogP contribution in [0.25, 0.3) is 10.2 Å². The van der Waals surface area contributed by atoms with E-state index in [1.165, 1.54) is 11.3 Å². The fraction of sp³-hybridized carbons (Fsp3) is 0.371. The normalized spacial score (nSPS) is 17.9. The summed E-state index contributed by atoms with van der Waals surface area (Å²) in [5.74, 6) is 0.904. The molecule has 258 valence electrons. The molecule has 49 heavy (non-hydrogen) atoms. The van der Waals surface area contributed by atoms with Gasteiger partial charge in [0.1, 0.15) is 30.3 Å². The van der Waals surface area contributed by atoms with Gasteiger partial charge in [-0.1, -0.05) is 47.7 Å². The van der Waals surface area contributed by atoms with Crippen molar-refractivity contribution in [3.63, 3.8) is 0 Å². The van der Waals surface area contributed by atoms with Crippen molar-refractivity contribution in [2.24, 2.45) is 0 Å². The van der Waals surface area contributed by atoms with Crippen LogP contribution in [-0.2, 0) is 29.1 Å². The van der Waals surface area contributed by atoms with Crippen molar-refractivity contribution in [1.29, 1.82) is 0 Å². The third-order valence-corrected chi connectivity index (χ3v) is 9.59. The second kappa shape index (κ2) is 14.7. The number of carbonyl (C=O) groups is 3. The number of aliphatic hydroxyl groups is 1. The lowest BCUT2D eigenvalue weighted by atomic mass is 9.99. The van der Waals surface area contributed by atoms with E-state index in [1.54, 1.807) is 39.1 Å². The molecule has 2 aliphatic rings. The topological polar surface area (TPSA) is 154 Å². The number of aliphatic hydroxyl groups excluding tert-OH is 1. The lowest BCUT2D eigenvalue weighted by Crippen LogP contribution is -2.66. The molecule has 4 aromatic rings. The van der Waals surface area contributed by atoms with E-state index in [4.69, 9.17) is 20.3 Å². The second-order valence-corrected chi connectivity index (χ2v) is 13.4. The molecule has 2 atom stereocenters. The lowest BCUT2D eigenvalue weighted by Gasteiger charge is -2.47. The van der Waals surface area contributed by atoms with Gasteiger partial charge in [0.15, 0.2) is 5.13 Å². The van der Waals surface area contributed by atoms with E-state index in [0.29, 0.717) is 10.9 Å². The van der Waals surface area contributed by atoms with Gasteiger partial charge in [-0.15, -0.1) is 0 Å².